The van der Waals surface area contributed by atoms with Gasteiger partial charge < -0.3 is 9.88 Å². The van der Waals surface area contributed by atoms with Crippen molar-refractivity contribution >= 4 is 16.7 Å². The predicted octanol–water partition coefficient (Wildman–Crippen LogP) is 1.64. The minimum absolute atomic E-state index is 0.218. The van der Waals surface area contributed by atoms with Crippen molar-refractivity contribution in [2.75, 3.05) is 18.1 Å². The Labute approximate surface area is 99.2 Å². The van der Waals surface area contributed by atoms with Crippen LogP contribution in [0.15, 0.2) is 25.0 Å². The lowest BCUT2D eigenvalue weighted by molar-refractivity contribution is 0.671. The summed E-state index contributed by atoms with van der Waals surface area (Å²) in [6.07, 6.45) is 8.11. The molecule has 0 amide bonds. The van der Waals surface area contributed by atoms with Crippen LogP contribution in [0.25, 0.3) is 0 Å². The maximum atomic E-state index is 11.2. The molecular weight excluding hydrogens is 222 g/mol. The molecule has 0 radical (unpaired) electrons. The summed E-state index contributed by atoms with van der Waals surface area (Å²) in [5.41, 5.74) is 0. The molecular formula is C11H19N3OS. The summed E-state index contributed by atoms with van der Waals surface area (Å²) in [5, 5.41) is 3.45. The summed E-state index contributed by atoms with van der Waals surface area (Å²) in [6, 6.07) is 0. The highest BCUT2D eigenvalue weighted by molar-refractivity contribution is 7.84. The Morgan fingerprint density at radius 1 is 1.75 bits per heavy atom. The van der Waals surface area contributed by atoms with Gasteiger partial charge in [0, 0.05) is 47.8 Å². The average molecular weight is 241 g/mol. The maximum absolute atomic E-state index is 11.2. The number of rotatable bonds is 7. The van der Waals surface area contributed by atoms with Crippen molar-refractivity contribution < 1.29 is 4.21 Å². The second-order valence-corrected chi connectivity index (χ2v) is 5.52. The van der Waals surface area contributed by atoms with Crippen LogP contribution in [0.1, 0.15) is 13.3 Å². The van der Waals surface area contributed by atoms with Gasteiger partial charge in [0.05, 0.1) is 0 Å². The summed E-state index contributed by atoms with van der Waals surface area (Å²) in [7, 11) is -0.751. The van der Waals surface area contributed by atoms with Crippen LogP contribution in [0, 0.1) is 0 Å². The Bertz CT molecular complexity index is 362. The van der Waals surface area contributed by atoms with Crippen molar-refractivity contribution in [1.29, 1.82) is 0 Å². The SMILES string of the molecule is C=CCn1ccnc1NCCC(C)S(C)=O. The molecule has 5 heteroatoms. The van der Waals surface area contributed by atoms with Gasteiger partial charge in [-0.05, 0) is 6.42 Å². The zero-order valence-corrected chi connectivity index (χ0v) is 10.7. The largest absolute Gasteiger partial charge is 0.356 e. The van der Waals surface area contributed by atoms with E-state index in [9.17, 15) is 4.21 Å². The molecule has 16 heavy (non-hydrogen) atoms. The van der Waals surface area contributed by atoms with Gasteiger partial charge in [0.2, 0.25) is 5.95 Å². The number of aromatic nitrogens is 2. The van der Waals surface area contributed by atoms with E-state index in [0.29, 0.717) is 0 Å². The fraction of sp³-hybridized carbons (Fsp3) is 0.545. The van der Waals surface area contributed by atoms with Gasteiger partial charge in [-0.3, -0.25) is 4.21 Å². The minimum Gasteiger partial charge on any atom is -0.356 e. The highest BCUT2D eigenvalue weighted by Gasteiger charge is 2.06. The zero-order valence-electron chi connectivity index (χ0n) is 9.85. The highest BCUT2D eigenvalue weighted by Crippen LogP contribution is 2.05. The monoisotopic (exact) mass is 241 g/mol. The van der Waals surface area contributed by atoms with Crippen molar-refractivity contribution in [1.82, 2.24) is 9.55 Å². The first-order chi connectivity index (χ1) is 7.65. The van der Waals surface area contributed by atoms with Crippen molar-refractivity contribution in [2.24, 2.45) is 0 Å². The van der Waals surface area contributed by atoms with Gasteiger partial charge in [-0.2, -0.15) is 0 Å². The van der Waals surface area contributed by atoms with Crippen LogP contribution in [-0.2, 0) is 17.3 Å². The van der Waals surface area contributed by atoms with Gasteiger partial charge in [-0.25, -0.2) is 4.98 Å². The van der Waals surface area contributed by atoms with Gasteiger partial charge in [-0.1, -0.05) is 13.0 Å². The fourth-order valence-corrected chi connectivity index (χ4v) is 1.77. The van der Waals surface area contributed by atoms with E-state index < -0.39 is 10.8 Å². The molecule has 0 bridgehead atoms. The predicted molar refractivity (Wildman–Crippen MR) is 69.1 cm³/mol. The number of imidazole rings is 1. The molecule has 0 saturated heterocycles. The van der Waals surface area contributed by atoms with E-state index in [1.165, 1.54) is 0 Å². The fourth-order valence-electron chi connectivity index (χ4n) is 1.32. The summed E-state index contributed by atoms with van der Waals surface area (Å²) >= 11 is 0. The lowest BCUT2D eigenvalue weighted by Gasteiger charge is -2.10. The molecule has 0 spiro atoms. The molecule has 0 aliphatic rings. The summed E-state index contributed by atoms with van der Waals surface area (Å²) in [5.74, 6) is 0.842. The molecule has 1 rings (SSSR count). The topological polar surface area (TPSA) is 46.9 Å². The van der Waals surface area contributed by atoms with Crippen LogP contribution in [0.3, 0.4) is 0 Å². The molecule has 0 aliphatic carbocycles. The smallest absolute Gasteiger partial charge is 0.203 e. The molecule has 1 heterocycles. The quantitative estimate of drug-likeness (QED) is 0.738. The van der Waals surface area contributed by atoms with Crippen molar-refractivity contribution in [2.45, 2.75) is 25.1 Å². The van der Waals surface area contributed by atoms with E-state index in [-0.39, 0.29) is 5.25 Å². The van der Waals surface area contributed by atoms with Crippen LogP contribution in [-0.4, -0.2) is 31.8 Å². The first-order valence-electron chi connectivity index (χ1n) is 5.33. The lowest BCUT2D eigenvalue weighted by Crippen LogP contribution is -2.16. The second-order valence-electron chi connectivity index (χ2n) is 3.72. The maximum Gasteiger partial charge on any atom is 0.203 e. The molecule has 0 fully saturated rings. The van der Waals surface area contributed by atoms with Crippen LogP contribution in [0.4, 0.5) is 5.95 Å². The van der Waals surface area contributed by atoms with E-state index in [0.717, 1.165) is 25.5 Å². The number of nitrogens with zero attached hydrogens (tertiary/aromatic N) is 2. The Balaban J connectivity index is 2.39. The molecule has 2 atom stereocenters. The Morgan fingerprint density at radius 3 is 3.12 bits per heavy atom. The van der Waals surface area contributed by atoms with Gasteiger partial charge in [-0.15, -0.1) is 6.58 Å². The third-order valence-electron chi connectivity index (χ3n) is 2.44. The van der Waals surface area contributed by atoms with E-state index in [4.69, 9.17) is 0 Å². The normalized spacial score (nSPS) is 14.4. The van der Waals surface area contributed by atoms with Gasteiger partial charge in [0.15, 0.2) is 0 Å². The first kappa shape index (κ1) is 13.0. The van der Waals surface area contributed by atoms with Crippen LogP contribution >= 0.6 is 0 Å². The first-order valence-corrected chi connectivity index (χ1v) is 6.95. The minimum atomic E-state index is -0.751. The summed E-state index contributed by atoms with van der Waals surface area (Å²) in [4.78, 5) is 4.20. The van der Waals surface area contributed by atoms with Crippen molar-refractivity contribution in [3.05, 3.63) is 25.0 Å². The van der Waals surface area contributed by atoms with Gasteiger partial charge >= 0.3 is 0 Å². The third-order valence-corrected chi connectivity index (χ3v) is 3.81. The average Bonchev–Trinajstić information content (AvgIpc) is 2.66. The molecule has 4 nitrogen and oxygen atoms in total. The molecule has 90 valence electrons. The Kier molecular flexibility index (Phi) is 5.25. The van der Waals surface area contributed by atoms with Gasteiger partial charge in [0.1, 0.15) is 0 Å². The Hall–Kier alpha value is -1.10. The lowest BCUT2D eigenvalue weighted by atomic mass is 10.3. The molecule has 1 N–H and O–H groups in total. The third kappa shape index (κ3) is 3.81. The molecule has 1 aromatic rings. The van der Waals surface area contributed by atoms with Crippen LogP contribution < -0.4 is 5.32 Å². The summed E-state index contributed by atoms with van der Waals surface area (Å²) < 4.78 is 13.1. The number of nitrogens with one attached hydrogen (secondary N) is 1. The van der Waals surface area contributed by atoms with Crippen molar-refractivity contribution in [3.8, 4) is 0 Å². The van der Waals surface area contributed by atoms with E-state index in [1.54, 1.807) is 12.5 Å². The number of hydrogen-bond donors (Lipinski definition) is 1. The van der Waals surface area contributed by atoms with E-state index in [1.807, 2.05) is 23.8 Å². The Morgan fingerprint density at radius 2 is 2.50 bits per heavy atom. The van der Waals surface area contributed by atoms with Crippen molar-refractivity contribution in [3.63, 3.8) is 0 Å². The molecule has 0 saturated carbocycles. The van der Waals surface area contributed by atoms with E-state index in [2.05, 4.69) is 16.9 Å². The second kappa shape index (κ2) is 6.48. The standard InChI is InChI=1S/C11H19N3OS/c1-4-8-14-9-7-13-11(14)12-6-5-10(2)16(3)15/h4,7,9-10H,1,5-6,8H2,2-3H3,(H,12,13). The zero-order chi connectivity index (χ0) is 12.0. The highest BCUT2D eigenvalue weighted by atomic mass is 32.2. The molecule has 1 aromatic heterocycles. The number of anilines is 1. The van der Waals surface area contributed by atoms with Gasteiger partial charge in [0.25, 0.3) is 0 Å². The number of hydrogen-bond acceptors (Lipinski definition) is 3. The van der Waals surface area contributed by atoms with Crippen LogP contribution in [0.2, 0.25) is 0 Å². The molecule has 2 unspecified atom stereocenters. The summed E-state index contributed by atoms with van der Waals surface area (Å²) in [6.45, 7) is 7.22. The molecule has 0 aliphatic heterocycles. The molecule has 0 aromatic carbocycles. The van der Waals surface area contributed by atoms with Crippen LogP contribution in [0.5, 0.6) is 0 Å². The van der Waals surface area contributed by atoms with E-state index >= 15 is 0 Å². The number of allylic oxidation sites excluding steroid dienone is 1.